The van der Waals surface area contributed by atoms with Crippen LogP contribution in [0.5, 0.6) is 0 Å². The van der Waals surface area contributed by atoms with E-state index in [4.69, 9.17) is 0 Å². The van der Waals surface area contributed by atoms with Gasteiger partial charge >= 0.3 is 0 Å². The average Bonchev–Trinajstić information content (AvgIpc) is 2.41. The van der Waals surface area contributed by atoms with Gasteiger partial charge in [-0.2, -0.15) is 0 Å². The molecule has 0 amide bonds. The second kappa shape index (κ2) is 7.09. The van der Waals surface area contributed by atoms with Crippen LogP contribution >= 0.6 is 0 Å². The molecule has 2 rings (SSSR count). The first kappa shape index (κ1) is 15.3. The van der Waals surface area contributed by atoms with E-state index in [1.54, 1.807) is 0 Å². The van der Waals surface area contributed by atoms with Crippen LogP contribution in [0.25, 0.3) is 0 Å². The number of hydrogen-bond acceptors (Lipinski definition) is 3. The van der Waals surface area contributed by atoms with Gasteiger partial charge in [0.15, 0.2) is 0 Å². The molecule has 1 aliphatic rings. The molecule has 112 valence electrons. The fourth-order valence-corrected chi connectivity index (χ4v) is 3.97. The zero-order valence-electron chi connectivity index (χ0n) is 12.1. The van der Waals surface area contributed by atoms with Crippen molar-refractivity contribution in [2.24, 2.45) is 0 Å². The van der Waals surface area contributed by atoms with Crippen molar-refractivity contribution in [1.29, 1.82) is 0 Å². The van der Waals surface area contributed by atoms with E-state index in [-0.39, 0.29) is 11.8 Å². The van der Waals surface area contributed by atoms with Gasteiger partial charge in [0, 0.05) is 11.7 Å². The lowest BCUT2D eigenvalue weighted by Gasteiger charge is -2.23. The summed E-state index contributed by atoms with van der Waals surface area (Å²) in [5.74, 6) is 0.156. The van der Waals surface area contributed by atoms with E-state index in [0.717, 1.165) is 38.6 Å². The van der Waals surface area contributed by atoms with Gasteiger partial charge in [0.25, 0.3) is 0 Å². The van der Waals surface area contributed by atoms with Crippen molar-refractivity contribution in [2.75, 3.05) is 17.0 Å². The SMILES string of the molecule is CCCc1ccc(NS(=O)(=O)CC2CCCCN2)cc1. The number of benzene rings is 1. The zero-order chi connectivity index (χ0) is 14.4. The molecule has 1 fully saturated rings. The number of rotatable bonds is 6. The van der Waals surface area contributed by atoms with Crippen LogP contribution in [0.3, 0.4) is 0 Å². The Bertz CT molecular complexity index is 505. The van der Waals surface area contributed by atoms with Crippen molar-refractivity contribution in [3.63, 3.8) is 0 Å². The minimum atomic E-state index is -3.27. The highest BCUT2D eigenvalue weighted by molar-refractivity contribution is 7.92. The lowest BCUT2D eigenvalue weighted by atomic mass is 10.1. The van der Waals surface area contributed by atoms with Crippen molar-refractivity contribution in [3.8, 4) is 0 Å². The van der Waals surface area contributed by atoms with Crippen molar-refractivity contribution >= 4 is 15.7 Å². The van der Waals surface area contributed by atoms with E-state index in [1.807, 2.05) is 24.3 Å². The quantitative estimate of drug-likeness (QED) is 0.848. The van der Waals surface area contributed by atoms with Crippen molar-refractivity contribution in [3.05, 3.63) is 29.8 Å². The van der Waals surface area contributed by atoms with E-state index < -0.39 is 10.0 Å². The first-order valence-corrected chi connectivity index (χ1v) is 9.07. The fraction of sp³-hybridized carbons (Fsp3) is 0.600. The molecule has 1 atom stereocenters. The van der Waals surface area contributed by atoms with Crippen LogP contribution in [-0.2, 0) is 16.4 Å². The predicted molar refractivity (Wildman–Crippen MR) is 83.5 cm³/mol. The number of aryl methyl sites for hydroxylation is 1. The second-order valence-corrected chi connectivity index (χ2v) is 7.24. The molecule has 1 aromatic rings. The van der Waals surface area contributed by atoms with E-state index in [1.165, 1.54) is 5.56 Å². The third kappa shape index (κ3) is 4.80. The summed E-state index contributed by atoms with van der Waals surface area (Å²) in [5.41, 5.74) is 1.89. The van der Waals surface area contributed by atoms with Gasteiger partial charge in [0.2, 0.25) is 10.0 Å². The van der Waals surface area contributed by atoms with Gasteiger partial charge in [-0.15, -0.1) is 0 Å². The largest absolute Gasteiger partial charge is 0.313 e. The van der Waals surface area contributed by atoms with Crippen LogP contribution < -0.4 is 10.0 Å². The Morgan fingerprint density at radius 2 is 2.00 bits per heavy atom. The third-order valence-electron chi connectivity index (χ3n) is 3.60. The van der Waals surface area contributed by atoms with Crippen molar-refractivity contribution in [2.45, 2.75) is 45.1 Å². The first-order chi connectivity index (χ1) is 9.59. The monoisotopic (exact) mass is 296 g/mol. The maximum Gasteiger partial charge on any atom is 0.234 e. The maximum atomic E-state index is 12.1. The lowest BCUT2D eigenvalue weighted by Crippen LogP contribution is -2.40. The minimum absolute atomic E-state index is 0.0839. The van der Waals surface area contributed by atoms with Crippen LogP contribution in [-0.4, -0.2) is 26.8 Å². The highest BCUT2D eigenvalue weighted by Gasteiger charge is 2.20. The van der Waals surface area contributed by atoms with E-state index in [2.05, 4.69) is 17.0 Å². The van der Waals surface area contributed by atoms with Crippen LogP contribution in [0.1, 0.15) is 38.2 Å². The van der Waals surface area contributed by atoms with Gasteiger partial charge in [-0.25, -0.2) is 8.42 Å². The summed E-state index contributed by atoms with van der Waals surface area (Å²) in [6.07, 6.45) is 5.32. The topological polar surface area (TPSA) is 58.2 Å². The third-order valence-corrected chi connectivity index (χ3v) is 4.99. The highest BCUT2D eigenvalue weighted by atomic mass is 32.2. The van der Waals surface area contributed by atoms with Crippen molar-refractivity contribution in [1.82, 2.24) is 5.32 Å². The molecule has 2 N–H and O–H groups in total. The second-order valence-electron chi connectivity index (χ2n) is 5.48. The van der Waals surface area contributed by atoms with Gasteiger partial charge in [0.1, 0.15) is 0 Å². The molecule has 0 spiro atoms. The number of hydrogen-bond donors (Lipinski definition) is 2. The van der Waals surface area contributed by atoms with E-state index in [0.29, 0.717) is 5.69 Å². The Balaban J connectivity index is 1.93. The molecule has 1 unspecified atom stereocenters. The molecule has 0 aliphatic carbocycles. The number of nitrogens with one attached hydrogen (secondary N) is 2. The summed E-state index contributed by atoms with van der Waals surface area (Å²) >= 11 is 0. The number of sulfonamides is 1. The fourth-order valence-electron chi connectivity index (χ4n) is 2.58. The molecule has 1 aromatic carbocycles. The van der Waals surface area contributed by atoms with Crippen LogP contribution in [0.2, 0.25) is 0 Å². The average molecular weight is 296 g/mol. The Labute approximate surface area is 122 Å². The standard InChI is InChI=1S/C15H24N2O2S/c1-2-5-13-7-9-14(10-8-13)17-20(18,19)12-15-6-3-4-11-16-15/h7-10,15-17H,2-6,11-12H2,1H3. The van der Waals surface area contributed by atoms with E-state index in [9.17, 15) is 8.42 Å². The molecule has 1 saturated heterocycles. The van der Waals surface area contributed by atoms with Gasteiger partial charge in [0.05, 0.1) is 5.75 Å². The highest BCUT2D eigenvalue weighted by Crippen LogP contribution is 2.15. The predicted octanol–water partition coefficient (Wildman–Crippen LogP) is 2.52. The Hall–Kier alpha value is -1.07. The lowest BCUT2D eigenvalue weighted by molar-refractivity contribution is 0.424. The molecular weight excluding hydrogens is 272 g/mol. The van der Waals surface area contributed by atoms with Crippen LogP contribution in [0.4, 0.5) is 5.69 Å². The molecule has 0 radical (unpaired) electrons. The van der Waals surface area contributed by atoms with Crippen LogP contribution in [0.15, 0.2) is 24.3 Å². The number of anilines is 1. The Kier molecular flexibility index (Phi) is 5.43. The van der Waals surface area contributed by atoms with Gasteiger partial charge in [-0.3, -0.25) is 4.72 Å². The molecule has 0 aromatic heterocycles. The Morgan fingerprint density at radius 1 is 1.25 bits per heavy atom. The molecule has 1 heterocycles. The van der Waals surface area contributed by atoms with Crippen LogP contribution in [0, 0.1) is 0 Å². The smallest absolute Gasteiger partial charge is 0.234 e. The van der Waals surface area contributed by atoms with Crippen molar-refractivity contribution < 1.29 is 8.42 Å². The molecular formula is C15H24N2O2S. The molecule has 1 aliphatic heterocycles. The summed E-state index contributed by atoms with van der Waals surface area (Å²) in [4.78, 5) is 0. The molecule has 5 heteroatoms. The summed E-state index contributed by atoms with van der Waals surface area (Å²) in [6, 6.07) is 7.74. The summed E-state index contributed by atoms with van der Waals surface area (Å²) in [5, 5.41) is 3.27. The van der Waals surface area contributed by atoms with E-state index >= 15 is 0 Å². The summed E-state index contributed by atoms with van der Waals surface area (Å²) in [7, 11) is -3.27. The molecule has 0 bridgehead atoms. The summed E-state index contributed by atoms with van der Waals surface area (Å²) < 4.78 is 26.9. The Morgan fingerprint density at radius 3 is 2.60 bits per heavy atom. The van der Waals surface area contributed by atoms with Gasteiger partial charge < -0.3 is 5.32 Å². The molecule has 4 nitrogen and oxygen atoms in total. The first-order valence-electron chi connectivity index (χ1n) is 7.42. The minimum Gasteiger partial charge on any atom is -0.313 e. The molecule has 0 saturated carbocycles. The number of piperidine rings is 1. The molecule has 20 heavy (non-hydrogen) atoms. The normalized spacial score (nSPS) is 19.8. The van der Waals surface area contributed by atoms with Gasteiger partial charge in [-0.1, -0.05) is 31.9 Å². The zero-order valence-corrected chi connectivity index (χ0v) is 12.9. The van der Waals surface area contributed by atoms with Gasteiger partial charge in [-0.05, 0) is 43.5 Å². The maximum absolute atomic E-state index is 12.1. The summed E-state index contributed by atoms with van der Waals surface area (Å²) in [6.45, 7) is 3.06.